The molecule has 0 aromatic heterocycles. The molecule has 2 rings (SSSR count). The van der Waals surface area contributed by atoms with Crippen LogP contribution in [0.5, 0.6) is 0 Å². The van der Waals surface area contributed by atoms with Gasteiger partial charge in [-0.25, -0.2) is 0 Å². The van der Waals surface area contributed by atoms with Crippen LogP contribution < -0.4 is 10.2 Å². The molecular weight excluding hydrogens is 371 g/mol. The number of anilines is 2. The van der Waals surface area contributed by atoms with Crippen molar-refractivity contribution in [1.29, 1.82) is 0 Å². The molecule has 0 spiro atoms. The van der Waals surface area contributed by atoms with E-state index in [2.05, 4.69) is 10.2 Å². The maximum absolute atomic E-state index is 12.6. The summed E-state index contributed by atoms with van der Waals surface area (Å²) in [6.45, 7) is 4.82. The van der Waals surface area contributed by atoms with Crippen molar-refractivity contribution in [2.24, 2.45) is 0 Å². The van der Waals surface area contributed by atoms with Gasteiger partial charge in [0.1, 0.15) is 0 Å². The van der Waals surface area contributed by atoms with E-state index in [0.29, 0.717) is 41.7 Å². The van der Waals surface area contributed by atoms with Crippen LogP contribution in [0.4, 0.5) is 11.4 Å². The lowest BCUT2D eigenvalue weighted by atomic mass is 10.1. The highest BCUT2D eigenvalue weighted by atomic mass is 35.5. The fourth-order valence-corrected chi connectivity index (χ4v) is 3.05. The number of carbonyl (C=O) groups excluding carboxylic acids is 2. The van der Waals surface area contributed by atoms with Gasteiger partial charge < -0.3 is 10.2 Å². The summed E-state index contributed by atoms with van der Waals surface area (Å²) in [5.74, 6) is 0.744. The first-order valence-corrected chi connectivity index (χ1v) is 9.43. The van der Waals surface area contributed by atoms with Crippen LogP contribution in [0, 0.1) is 6.92 Å². The third-order valence-electron chi connectivity index (χ3n) is 4.07. The number of hydrogen-bond acceptors (Lipinski definition) is 3. The number of alkyl halides is 2. The number of benzene rings is 2. The van der Waals surface area contributed by atoms with Crippen LogP contribution in [-0.2, 0) is 0 Å². The fraction of sp³-hybridized carbons (Fsp3) is 0.300. The Morgan fingerprint density at radius 3 is 2.08 bits per heavy atom. The van der Waals surface area contributed by atoms with Crippen LogP contribution in [-0.4, -0.2) is 36.5 Å². The average Bonchev–Trinajstić information content (AvgIpc) is 2.62. The maximum Gasteiger partial charge on any atom is 0.255 e. The second-order valence-electron chi connectivity index (χ2n) is 5.95. The lowest BCUT2D eigenvalue weighted by Crippen LogP contribution is -2.28. The number of nitrogens with zero attached hydrogens (tertiary/aromatic N) is 1. The minimum absolute atomic E-state index is 0.00951. The summed E-state index contributed by atoms with van der Waals surface area (Å²) in [6.07, 6.45) is 0. The summed E-state index contributed by atoms with van der Waals surface area (Å²) in [5, 5.41) is 2.85. The lowest BCUT2D eigenvalue weighted by molar-refractivity contribution is 0.101. The number of rotatable bonds is 8. The van der Waals surface area contributed by atoms with Gasteiger partial charge in [0.05, 0.1) is 0 Å². The molecule has 26 heavy (non-hydrogen) atoms. The third-order valence-corrected chi connectivity index (χ3v) is 4.41. The van der Waals surface area contributed by atoms with Crippen LogP contribution in [0.3, 0.4) is 0 Å². The number of halogens is 2. The number of amides is 1. The SMILES string of the molecule is CC(=O)c1ccc(NC(=O)c2ccc(C)c(N(CCCl)CCCl)c2)cc1. The molecule has 2 aromatic carbocycles. The van der Waals surface area contributed by atoms with E-state index in [0.717, 1.165) is 11.3 Å². The number of carbonyl (C=O) groups is 2. The molecular formula is C20H22Cl2N2O2. The highest BCUT2D eigenvalue weighted by Crippen LogP contribution is 2.23. The zero-order chi connectivity index (χ0) is 19.1. The summed E-state index contributed by atoms with van der Waals surface area (Å²) in [4.78, 5) is 26.0. The first kappa shape index (κ1) is 20.3. The van der Waals surface area contributed by atoms with E-state index in [-0.39, 0.29) is 11.7 Å². The molecule has 1 N–H and O–H groups in total. The fourth-order valence-electron chi connectivity index (χ4n) is 2.64. The van der Waals surface area contributed by atoms with Crippen molar-refractivity contribution >= 4 is 46.3 Å². The van der Waals surface area contributed by atoms with Gasteiger partial charge in [0.2, 0.25) is 0 Å². The van der Waals surface area contributed by atoms with Gasteiger partial charge in [0.25, 0.3) is 5.91 Å². The Morgan fingerprint density at radius 1 is 0.962 bits per heavy atom. The Bertz CT molecular complexity index is 770. The summed E-state index contributed by atoms with van der Waals surface area (Å²) >= 11 is 11.8. The van der Waals surface area contributed by atoms with Gasteiger partial charge in [-0.05, 0) is 55.8 Å². The molecule has 0 unspecified atom stereocenters. The smallest absolute Gasteiger partial charge is 0.255 e. The van der Waals surface area contributed by atoms with Crippen molar-refractivity contribution in [3.8, 4) is 0 Å². The Kier molecular flexibility index (Phi) is 7.49. The van der Waals surface area contributed by atoms with Crippen LogP contribution in [0.2, 0.25) is 0 Å². The largest absolute Gasteiger partial charge is 0.369 e. The number of hydrogen-bond donors (Lipinski definition) is 1. The molecule has 0 fully saturated rings. The molecule has 2 aromatic rings. The van der Waals surface area contributed by atoms with Crippen molar-refractivity contribution < 1.29 is 9.59 Å². The molecule has 4 nitrogen and oxygen atoms in total. The zero-order valence-corrected chi connectivity index (χ0v) is 16.4. The maximum atomic E-state index is 12.6. The molecule has 0 radical (unpaired) electrons. The zero-order valence-electron chi connectivity index (χ0n) is 14.9. The molecule has 0 aliphatic rings. The van der Waals surface area contributed by atoms with Gasteiger partial charge >= 0.3 is 0 Å². The minimum Gasteiger partial charge on any atom is -0.369 e. The molecule has 0 aliphatic heterocycles. The average molecular weight is 393 g/mol. The van der Waals surface area contributed by atoms with E-state index in [1.54, 1.807) is 30.3 Å². The Hall–Kier alpha value is -2.04. The van der Waals surface area contributed by atoms with Crippen molar-refractivity contribution in [3.63, 3.8) is 0 Å². The molecule has 0 aliphatic carbocycles. The molecule has 1 amide bonds. The van der Waals surface area contributed by atoms with Gasteiger partial charge in [-0.1, -0.05) is 6.07 Å². The van der Waals surface area contributed by atoms with Crippen molar-refractivity contribution in [1.82, 2.24) is 0 Å². The van der Waals surface area contributed by atoms with Gasteiger partial charge in [-0.3, -0.25) is 9.59 Å². The summed E-state index contributed by atoms with van der Waals surface area (Å²) in [5.41, 5.74) is 3.81. The Labute approximate surface area is 164 Å². The van der Waals surface area contributed by atoms with Crippen LogP contribution in [0.15, 0.2) is 42.5 Å². The third kappa shape index (κ3) is 5.23. The molecule has 0 atom stereocenters. The second-order valence-corrected chi connectivity index (χ2v) is 6.71. The van der Waals surface area contributed by atoms with Gasteiger partial charge in [0.15, 0.2) is 5.78 Å². The van der Waals surface area contributed by atoms with E-state index in [1.165, 1.54) is 6.92 Å². The molecule has 0 saturated heterocycles. The Morgan fingerprint density at radius 2 is 1.54 bits per heavy atom. The second kappa shape index (κ2) is 9.60. The predicted octanol–water partition coefficient (Wildman–Crippen LogP) is 4.73. The standard InChI is InChI=1S/C20H22Cl2N2O2/c1-14-3-4-17(13-19(14)24(11-9-21)12-10-22)20(26)23-18-7-5-16(6-8-18)15(2)25/h3-8,13H,9-12H2,1-2H3,(H,23,26). The van der Waals surface area contributed by atoms with Crippen molar-refractivity contribution in [2.75, 3.05) is 35.1 Å². The van der Waals surface area contributed by atoms with Crippen molar-refractivity contribution in [2.45, 2.75) is 13.8 Å². The van der Waals surface area contributed by atoms with E-state index in [1.807, 2.05) is 19.1 Å². The molecule has 0 heterocycles. The Balaban J connectivity index is 2.20. The van der Waals surface area contributed by atoms with Crippen LogP contribution >= 0.6 is 23.2 Å². The number of nitrogens with one attached hydrogen (secondary N) is 1. The topological polar surface area (TPSA) is 49.4 Å². The molecule has 0 saturated carbocycles. The molecule has 0 bridgehead atoms. The van der Waals surface area contributed by atoms with Crippen molar-refractivity contribution in [3.05, 3.63) is 59.2 Å². The van der Waals surface area contributed by atoms with E-state index >= 15 is 0 Å². The molecule has 6 heteroatoms. The van der Waals surface area contributed by atoms with Crippen LogP contribution in [0.1, 0.15) is 33.2 Å². The number of ketones is 1. The highest BCUT2D eigenvalue weighted by molar-refractivity contribution is 6.18. The highest BCUT2D eigenvalue weighted by Gasteiger charge is 2.13. The van der Waals surface area contributed by atoms with Gasteiger partial charge in [-0.2, -0.15) is 0 Å². The first-order valence-electron chi connectivity index (χ1n) is 8.36. The predicted molar refractivity (Wildman–Crippen MR) is 109 cm³/mol. The van der Waals surface area contributed by atoms with Gasteiger partial charge in [0, 0.05) is 47.4 Å². The lowest BCUT2D eigenvalue weighted by Gasteiger charge is -2.25. The summed E-state index contributed by atoms with van der Waals surface area (Å²) in [7, 11) is 0. The van der Waals surface area contributed by atoms with Crippen LogP contribution in [0.25, 0.3) is 0 Å². The van der Waals surface area contributed by atoms with E-state index in [9.17, 15) is 9.59 Å². The summed E-state index contributed by atoms with van der Waals surface area (Å²) < 4.78 is 0. The monoisotopic (exact) mass is 392 g/mol. The van der Waals surface area contributed by atoms with Gasteiger partial charge in [-0.15, -0.1) is 23.2 Å². The number of Topliss-reactive ketones (excluding diaryl/α,β-unsaturated/α-hetero) is 1. The van der Waals surface area contributed by atoms with E-state index in [4.69, 9.17) is 23.2 Å². The molecule has 138 valence electrons. The first-order chi connectivity index (χ1) is 12.5. The quantitative estimate of drug-likeness (QED) is 0.521. The van der Waals surface area contributed by atoms with E-state index < -0.39 is 0 Å². The number of aryl methyl sites for hydroxylation is 1. The minimum atomic E-state index is -0.210. The summed E-state index contributed by atoms with van der Waals surface area (Å²) in [6, 6.07) is 12.4. The normalized spacial score (nSPS) is 10.5.